The van der Waals surface area contributed by atoms with E-state index < -0.39 is 0 Å². The van der Waals surface area contributed by atoms with Crippen LogP contribution in [-0.2, 0) is 0 Å². The summed E-state index contributed by atoms with van der Waals surface area (Å²) < 4.78 is 0. The number of hydrogen-bond acceptors (Lipinski definition) is 3. The molecule has 1 fully saturated rings. The van der Waals surface area contributed by atoms with Gasteiger partial charge < -0.3 is 0 Å². The minimum Gasteiger partial charge on any atom is -0.271 e. The topological polar surface area (TPSA) is 38.0 Å². The summed E-state index contributed by atoms with van der Waals surface area (Å²) in [5.74, 6) is 6.50. The third kappa shape index (κ3) is 2.56. The van der Waals surface area contributed by atoms with Crippen LogP contribution in [0.1, 0.15) is 19.3 Å². The first-order chi connectivity index (χ1) is 4.43. The molecule has 0 amide bonds. The highest BCUT2D eigenvalue weighted by molar-refractivity contribution is 8.00. The average Bonchev–Trinajstić information content (AvgIpc) is 2.34. The minimum absolute atomic E-state index is 0.890. The van der Waals surface area contributed by atoms with Crippen molar-refractivity contribution in [3.05, 3.63) is 0 Å². The van der Waals surface area contributed by atoms with Gasteiger partial charge >= 0.3 is 0 Å². The SMILES string of the molecule is NNCCC1CCCS1. The molecule has 0 aromatic heterocycles. The first-order valence-corrected chi connectivity index (χ1v) is 4.53. The molecule has 1 rings (SSSR count). The van der Waals surface area contributed by atoms with Crippen LogP contribution in [0.4, 0.5) is 0 Å². The van der Waals surface area contributed by atoms with Crippen molar-refractivity contribution in [2.45, 2.75) is 24.5 Å². The van der Waals surface area contributed by atoms with Crippen molar-refractivity contribution in [3.8, 4) is 0 Å². The summed E-state index contributed by atoms with van der Waals surface area (Å²) in [5, 5.41) is 0.890. The zero-order valence-electron chi connectivity index (χ0n) is 5.60. The van der Waals surface area contributed by atoms with Crippen LogP contribution in [0.5, 0.6) is 0 Å². The number of rotatable bonds is 3. The number of nitrogens with one attached hydrogen (secondary N) is 1. The highest BCUT2D eigenvalue weighted by Gasteiger charge is 2.13. The molecule has 3 heteroatoms. The number of nitrogens with two attached hydrogens (primary N) is 1. The molecule has 0 bridgehead atoms. The van der Waals surface area contributed by atoms with Crippen molar-refractivity contribution in [1.82, 2.24) is 5.43 Å². The molecule has 0 aliphatic carbocycles. The molecule has 0 saturated carbocycles. The van der Waals surface area contributed by atoms with E-state index in [1.165, 1.54) is 25.0 Å². The maximum absolute atomic E-state index is 5.15. The van der Waals surface area contributed by atoms with Gasteiger partial charge in [-0.2, -0.15) is 11.8 Å². The lowest BCUT2D eigenvalue weighted by Gasteiger charge is -2.05. The Morgan fingerprint density at radius 3 is 3.11 bits per heavy atom. The van der Waals surface area contributed by atoms with Gasteiger partial charge in [0.25, 0.3) is 0 Å². The first kappa shape index (κ1) is 7.38. The van der Waals surface area contributed by atoms with Crippen LogP contribution < -0.4 is 11.3 Å². The predicted molar refractivity (Wildman–Crippen MR) is 42.3 cm³/mol. The number of hydrazine groups is 1. The Morgan fingerprint density at radius 2 is 2.56 bits per heavy atom. The molecule has 0 aromatic carbocycles. The van der Waals surface area contributed by atoms with Crippen molar-refractivity contribution in [2.75, 3.05) is 12.3 Å². The number of thioether (sulfide) groups is 1. The molecule has 1 aliphatic rings. The Bertz CT molecular complexity index is 71.5. The van der Waals surface area contributed by atoms with E-state index >= 15 is 0 Å². The fourth-order valence-corrected chi connectivity index (χ4v) is 2.40. The highest BCUT2D eigenvalue weighted by Crippen LogP contribution is 2.27. The maximum Gasteiger partial charge on any atom is 0.0108 e. The van der Waals surface area contributed by atoms with Crippen LogP contribution in [0.25, 0.3) is 0 Å². The predicted octanol–water partition coefficient (Wildman–Crippen LogP) is 0.735. The maximum atomic E-state index is 5.15. The molecule has 1 saturated heterocycles. The standard InChI is InChI=1S/C6H14N2S/c7-8-4-3-6-2-1-5-9-6/h6,8H,1-5,7H2. The van der Waals surface area contributed by atoms with Crippen molar-refractivity contribution in [1.29, 1.82) is 0 Å². The molecular formula is C6H14N2S. The van der Waals surface area contributed by atoms with Gasteiger partial charge in [0.1, 0.15) is 0 Å². The Kier molecular flexibility index (Phi) is 3.40. The van der Waals surface area contributed by atoms with Gasteiger partial charge in [-0.15, -0.1) is 0 Å². The summed E-state index contributed by atoms with van der Waals surface area (Å²) in [6.07, 6.45) is 4.04. The van der Waals surface area contributed by atoms with Crippen LogP contribution >= 0.6 is 11.8 Å². The molecule has 1 heterocycles. The van der Waals surface area contributed by atoms with Gasteiger partial charge in [0, 0.05) is 11.8 Å². The van der Waals surface area contributed by atoms with Gasteiger partial charge in [0.05, 0.1) is 0 Å². The van der Waals surface area contributed by atoms with Gasteiger partial charge in [-0.05, 0) is 25.0 Å². The van der Waals surface area contributed by atoms with E-state index in [2.05, 4.69) is 17.2 Å². The zero-order chi connectivity index (χ0) is 6.53. The van der Waals surface area contributed by atoms with Crippen LogP contribution in [0, 0.1) is 0 Å². The first-order valence-electron chi connectivity index (χ1n) is 3.48. The van der Waals surface area contributed by atoms with E-state index in [1.54, 1.807) is 0 Å². The lowest BCUT2D eigenvalue weighted by Crippen LogP contribution is -2.24. The summed E-state index contributed by atoms with van der Waals surface area (Å²) in [6, 6.07) is 0. The Labute approximate surface area is 60.5 Å². The highest BCUT2D eigenvalue weighted by atomic mass is 32.2. The van der Waals surface area contributed by atoms with Gasteiger partial charge in [-0.3, -0.25) is 11.3 Å². The number of hydrogen-bond donors (Lipinski definition) is 2. The molecule has 2 nitrogen and oxygen atoms in total. The van der Waals surface area contributed by atoms with Crippen molar-refractivity contribution < 1.29 is 0 Å². The Hall–Kier alpha value is 0.270. The van der Waals surface area contributed by atoms with Crippen LogP contribution in [0.3, 0.4) is 0 Å². The van der Waals surface area contributed by atoms with Crippen LogP contribution in [0.15, 0.2) is 0 Å². The Morgan fingerprint density at radius 1 is 1.67 bits per heavy atom. The van der Waals surface area contributed by atoms with E-state index in [1.807, 2.05) is 0 Å². The smallest absolute Gasteiger partial charge is 0.0108 e. The van der Waals surface area contributed by atoms with Gasteiger partial charge in [-0.25, -0.2) is 0 Å². The van der Waals surface area contributed by atoms with Crippen molar-refractivity contribution in [3.63, 3.8) is 0 Å². The molecular weight excluding hydrogens is 132 g/mol. The second-order valence-electron chi connectivity index (χ2n) is 2.38. The lowest BCUT2D eigenvalue weighted by molar-refractivity contribution is 0.642. The van der Waals surface area contributed by atoms with E-state index in [4.69, 9.17) is 5.84 Å². The molecule has 0 radical (unpaired) electrons. The van der Waals surface area contributed by atoms with Gasteiger partial charge in [-0.1, -0.05) is 0 Å². The second kappa shape index (κ2) is 4.14. The van der Waals surface area contributed by atoms with E-state index in [0.717, 1.165) is 11.8 Å². The Balaban J connectivity index is 1.98. The monoisotopic (exact) mass is 146 g/mol. The normalized spacial score (nSPS) is 27.0. The van der Waals surface area contributed by atoms with Crippen LogP contribution in [-0.4, -0.2) is 17.5 Å². The fourth-order valence-electron chi connectivity index (χ4n) is 1.12. The molecule has 3 N–H and O–H groups in total. The third-order valence-electron chi connectivity index (χ3n) is 1.63. The summed E-state index contributed by atoms with van der Waals surface area (Å²) in [6.45, 7) is 0.970. The van der Waals surface area contributed by atoms with Gasteiger partial charge in [0.15, 0.2) is 0 Å². The summed E-state index contributed by atoms with van der Waals surface area (Å²) >= 11 is 2.09. The lowest BCUT2D eigenvalue weighted by atomic mass is 10.2. The molecule has 1 atom stereocenters. The molecule has 54 valence electrons. The molecule has 9 heavy (non-hydrogen) atoms. The van der Waals surface area contributed by atoms with Gasteiger partial charge in [0.2, 0.25) is 0 Å². The molecule has 0 aromatic rings. The van der Waals surface area contributed by atoms with E-state index in [-0.39, 0.29) is 0 Å². The largest absolute Gasteiger partial charge is 0.271 e. The van der Waals surface area contributed by atoms with E-state index in [9.17, 15) is 0 Å². The molecule has 1 unspecified atom stereocenters. The summed E-state index contributed by atoms with van der Waals surface area (Å²) in [4.78, 5) is 0. The minimum atomic E-state index is 0.890. The van der Waals surface area contributed by atoms with Crippen molar-refractivity contribution >= 4 is 11.8 Å². The second-order valence-corrected chi connectivity index (χ2v) is 3.79. The zero-order valence-corrected chi connectivity index (χ0v) is 6.41. The van der Waals surface area contributed by atoms with E-state index in [0.29, 0.717) is 0 Å². The quantitative estimate of drug-likeness (QED) is 0.455. The average molecular weight is 146 g/mol. The molecule has 1 aliphatic heterocycles. The van der Waals surface area contributed by atoms with Crippen LogP contribution in [0.2, 0.25) is 0 Å². The van der Waals surface area contributed by atoms with Crippen molar-refractivity contribution in [2.24, 2.45) is 5.84 Å². The molecule has 0 spiro atoms. The summed E-state index contributed by atoms with van der Waals surface area (Å²) in [5.41, 5.74) is 2.68. The summed E-state index contributed by atoms with van der Waals surface area (Å²) in [7, 11) is 0. The fraction of sp³-hybridized carbons (Fsp3) is 1.00. The third-order valence-corrected chi connectivity index (χ3v) is 3.10.